The molecule has 2 aromatic rings. The Morgan fingerprint density at radius 1 is 1.08 bits per heavy atom. The fourth-order valence-corrected chi connectivity index (χ4v) is 3.80. The molecule has 1 aliphatic heterocycles. The molecule has 0 unspecified atom stereocenters. The van der Waals surface area contributed by atoms with Crippen LogP contribution in [0.4, 0.5) is 20.4 Å². The summed E-state index contributed by atoms with van der Waals surface area (Å²) in [6.45, 7) is 3.22. The largest absolute Gasteiger partial charge is 0.377 e. The van der Waals surface area contributed by atoms with Gasteiger partial charge in [-0.15, -0.1) is 11.3 Å². The lowest BCUT2D eigenvalue weighted by atomic mass is 9.92. The van der Waals surface area contributed by atoms with Crippen LogP contribution in [-0.4, -0.2) is 46.2 Å². The van der Waals surface area contributed by atoms with E-state index in [1.54, 1.807) is 0 Å². The molecule has 1 saturated heterocycles. The molecule has 3 heterocycles. The molecular formula is C17H21F2N5OS. The molecule has 6 nitrogen and oxygen atoms in total. The van der Waals surface area contributed by atoms with Crippen molar-refractivity contribution in [3.8, 4) is 10.8 Å². The minimum atomic E-state index is -2.54. The highest BCUT2D eigenvalue weighted by atomic mass is 32.1. The van der Waals surface area contributed by atoms with Crippen LogP contribution in [0.25, 0.3) is 10.8 Å². The molecule has 2 aromatic heterocycles. The first kappa shape index (κ1) is 17.5. The molecular weight excluding hydrogens is 360 g/mol. The van der Waals surface area contributed by atoms with Gasteiger partial charge in [0.2, 0.25) is 5.92 Å². The number of rotatable bonds is 5. The lowest BCUT2D eigenvalue weighted by molar-refractivity contribution is -0.0361. The van der Waals surface area contributed by atoms with E-state index in [0.29, 0.717) is 43.5 Å². The number of hydrogen-bond donors (Lipinski definition) is 2. The molecule has 2 fully saturated rings. The van der Waals surface area contributed by atoms with E-state index in [-0.39, 0.29) is 24.9 Å². The minimum absolute atomic E-state index is 0.00436. The molecule has 2 N–H and O–H groups in total. The molecule has 26 heavy (non-hydrogen) atoms. The van der Waals surface area contributed by atoms with E-state index < -0.39 is 5.92 Å². The number of thiazole rings is 1. The lowest BCUT2D eigenvalue weighted by Crippen LogP contribution is -2.40. The quantitative estimate of drug-likeness (QED) is 0.823. The van der Waals surface area contributed by atoms with Gasteiger partial charge < -0.3 is 15.4 Å². The van der Waals surface area contributed by atoms with Crippen LogP contribution in [0.2, 0.25) is 0 Å². The van der Waals surface area contributed by atoms with E-state index in [1.165, 1.54) is 11.3 Å². The molecule has 2 aliphatic rings. The van der Waals surface area contributed by atoms with Gasteiger partial charge in [0.25, 0.3) is 0 Å². The normalized spacial score (nSPS) is 20.6. The van der Waals surface area contributed by atoms with Gasteiger partial charge in [-0.2, -0.15) is 0 Å². The van der Waals surface area contributed by atoms with E-state index in [0.717, 1.165) is 10.7 Å². The second-order valence-electron chi connectivity index (χ2n) is 6.91. The molecule has 0 bridgehead atoms. The van der Waals surface area contributed by atoms with Crippen molar-refractivity contribution in [2.24, 2.45) is 0 Å². The van der Waals surface area contributed by atoms with Crippen molar-refractivity contribution in [3.05, 3.63) is 17.1 Å². The summed E-state index contributed by atoms with van der Waals surface area (Å²) in [5.74, 6) is -0.665. The van der Waals surface area contributed by atoms with Gasteiger partial charge in [-0.05, 0) is 19.8 Å². The highest BCUT2D eigenvalue weighted by Gasteiger charge is 2.35. The van der Waals surface area contributed by atoms with Crippen LogP contribution in [0.5, 0.6) is 0 Å². The number of alkyl halides is 2. The first-order valence-electron chi connectivity index (χ1n) is 8.77. The summed E-state index contributed by atoms with van der Waals surface area (Å²) in [6.07, 6.45) is 0.696. The van der Waals surface area contributed by atoms with Crippen LogP contribution in [0.1, 0.15) is 31.4 Å². The molecule has 140 valence electrons. The van der Waals surface area contributed by atoms with Gasteiger partial charge in [0.1, 0.15) is 11.6 Å². The number of aryl methyl sites for hydroxylation is 1. The van der Waals surface area contributed by atoms with Crippen molar-refractivity contribution in [1.29, 1.82) is 0 Å². The highest BCUT2D eigenvalue weighted by Crippen LogP contribution is 2.34. The van der Waals surface area contributed by atoms with Crippen molar-refractivity contribution in [2.45, 2.75) is 50.6 Å². The van der Waals surface area contributed by atoms with Crippen LogP contribution >= 0.6 is 11.3 Å². The number of halogens is 2. The Morgan fingerprint density at radius 3 is 2.27 bits per heavy atom. The maximum absolute atomic E-state index is 13.4. The van der Waals surface area contributed by atoms with Gasteiger partial charge in [-0.3, -0.25) is 0 Å². The summed E-state index contributed by atoms with van der Waals surface area (Å²) in [5.41, 5.74) is 0.920. The Balaban J connectivity index is 1.55. The average Bonchev–Trinajstić information content (AvgIpc) is 3.00. The van der Waals surface area contributed by atoms with Gasteiger partial charge in [0.15, 0.2) is 10.8 Å². The van der Waals surface area contributed by atoms with E-state index in [9.17, 15) is 8.78 Å². The highest BCUT2D eigenvalue weighted by molar-refractivity contribution is 7.13. The maximum atomic E-state index is 13.4. The SMILES string of the molecule is Cc1csc(-c2nc(NC3CCC(F)(F)CC3)cc(NC3COC3)n2)n1. The molecule has 0 radical (unpaired) electrons. The molecule has 0 spiro atoms. The number of anilines is 2. The maximum Gasteiger partial charge on any atom is 0.248 e. The van der Waals surface area contributed by atoms with Gasteiger partial charge >= 0.3 is 0 Å². The predicted molar refractivity (Wildman–Crippen MR) is 96.9 cm³/mol. The number of ether oxygens (including phenoxy) is 1. The minimum Gasteiger partial charge on any atom is -0.377 e. The predicted octanol–water partition coefficient (Wildman–Crippen LogP) is 3.71. The summed E-state index contributed by atoms with van der Waals surface area (Å²) < 4.78 is 31.9. The second-order valence-corrected chi connectivity index (χ2v) is 7.77. The number of nitrogens with one attached hydrogen (secondary N) is 2. The van der Waals surface area contributed by atoms with E-state index in [1.807, 2.05) is 18.4 Å². The van der Waals surface area contributed by atoms with Crippen molar-refractivity contribution in [1.82, 2.24) is 15.0 Å². The molecule has 0 atom stereocenters. The van der Waals surface area contributed by atoms with Crippen molar-refractivity contribution >= 4 is 23.0 Å². The third-order valence-corrected chi connectivity index (χ3v) is 5.55. The molecule has 1 aliphatic carbocycles. The second kappa shape index (κ2) is 7.03. The third kappa shape index (κ3) is 4.09. The summed E-state index contributed by atoms with van der Waals surface area (Å²) >= 11 is 1.49. The van der Waals surface area contributed by atoms with Crippen LogP contribution in [0.3, 0.4) is 0 Å². The van der Waals surface area contributed by atoms with Gasteiger partial charge in [-0.25, -0.2) is 23.7 Å². The van der Waals surface area contributed by atoms with Gasteiger partial charge in [-0.1, -0.05) is 0 Å². The van der Waals surface area contributed by atoms with E-state index in [2.05, 4.69) is 25.6 Å². The van der Waals surface area contributed by atoms with Crippen molar-refractivity contribution in [2.75, 3.05) is 23.8 Å². The zero-order valence-corrected chi connectivity index (χ0v) is 15.3. The topological polar surface area (TPSA) is 72.0 Å². The Morgan fingerprint density at radius 2 is 1.73 bits per heavy atom. The monoisotopic (exact) mass is 381 g/mol. The Kier molecular flexibility index (Phi) is 4.74. The summed E-state index contributed by atoms with van der Waals surface area (Å²) in [5, 5.41) is 9.33. The zero-order chi connectivity index (χ0) is 18.1. The van der Waals surface area contributed by atoms with Crippen LogP contribution in [0.15, 0.2) is 11.4 Å². The molecule has 0 aromatic carbocycles. The summed E-state index contributed by atoms with van der Waals surface area (Å²) in [7, 11) is 0. The van der Waals surface area contributed by atoms with Gasteiger partial charge in [0.05, 0.1) is 19.3 Å². The Bertz CT molecular complexity index is 770. The Hall–Kier alpha value is -1.87. The molecule has 1 saturated carbocycles. The number of aromatic nitrogens is 3. The third-order valence-electron chi connectivity index (χ3n) is 4.60. The number of nitrogens with zero attached hydrogens (tertiary/aromatic N) is 3. The van der Waals surface area contributed by atoms with Crippen LogP contribution < -0.4 is 10.6 Å². The Labute approximate surface area is 154 Å². The molecule has 9 heteroatoms. The fourth-order valence-electron chi connectivity index (χ4n) is 3.07. The summed E-state index contributed by atoms with van der Waals surface area (Å²) in [6, 6.07) is 2.06. The fraction of sp³-hybridized carbons (Fsp3) is 0.588. The summed E-state index contributed by atoms with van der Waals surface area (Å²) in [4.78, 5) is 13.6. The zero-order valence-electron chi connectivity index (χ0n) is 14.5. The van der Waals surface area contributed by atoms with Crippen molar-refractivity contribution in [3.63, 3.8) is 0 Å². The van der Waals surface area contributed by atoms with E-state index in [4.69, 9.17) is 4.74 Å². The average molecular weight is 381 g/mol. The van der Waals surface area contributed by atoms with Crippen LogP contribution in [-0.2, 0) is 4.74 Å². The first-order valence-corrected chi connectivity index (χ1v) is 9.65. The van der Waals surface area contributed by atoms with Gasteiger partial charge in [0, 0.05) is 36.0 Å². The smallest absolute Gasteiger partial charge is 0.248 e. The molecule has 0 amide bonds. The van der Waals surface area contributed by atoms with E-state index >= 15 is 0 Å². The standard InChI is InChI=1S/C17H21F2N5OS/c1-10-9-26-16(20-10)15-23-13(6-14(24-15)22-12-7-25-8-12)21-11-2-4-17(18,19)5-3-11/h6,9,11-12H,2-5,7-8H2,1H3,(H2,21,22,23,24). The van der Waals surface area contributed by atoms with Crippen molar-refractivity contribution < 1.29 is 13.5 Å². The van der Waals surface area contributed by atoms with Crippen LogP contribution in [0, 0.1) is 6.92 Å². The molecule has 4 rings (SSSR count). The number of hydrogen-bond acceptors (Lipinski definition) is 7. The lowest BCUT2D eigenvalue weighted by Gasteiger charge is -2.30. The first-order chi connectivity index (χ1) is 12.5.